The number of nitrogens with one attached hydrogen (secondary N) is 2. The highest BCUT2D eigenvalue weighted by Gasteiger charge is 2.14. The number of ether oxygens (including phenoxy) is 1. The number of halogens is 1. The maximum absolute atomic E-state index is 10.5. The Morgan fingerprint density at radius 3 is 2.28 bits per heavy atom. The van der Waals surface area contributed by atoms with Crippen molar-refractivity contribution in [2.24, 2.45) is 4.99 Å². The van der Waals surface area contributed by atoms with Crippen molar-refractivity contribution < 1.29 is 9.84 Å². The minimum atomic E-state index is -0.634. The van der Waals surface area contributed by atoms with Crippen LogP contribution >= 0.6 is 24.0 Å². The van der Waals surface area contributed by atoms with Gasteiger partial charge in [-0.25, -0.2) is 0 Å². The highest BCUT2D eigenvalue weighted by molar-refractivity contribution is 14.0. The van der Waals surface area contributed by atoms with Gasteiger partial charge < -0.3 is 30.3 Å². The normalized spacial score (nSPS) is 16.5. The second kappa shape index (κ2) is 16.5. The summed E-state index contributed by atoms with van der Waals surface area (Å²) in [6.07, 6.45) is 1.80. The van der Waals surface area contributed by atoms with Gasteiger partial charge in [0.05, 0.1) is 18.8 Å². The van der Waals surface area contributed by atoms with Crippen LogP contribution in [0.25, 0.3) is 0 Å². The SMILES string of the molecule is CCNC(=NCC(O)c1ccc(OC(C)C)cc1)NCCCCN1CCN(CC)CC1.I. The van der Waals surface area contributed by atoms with Gasteiger partial charge in [0.15, 0.2) is 5.96 Å². The molecule has 0 bridgehead atoms. The fourth-order valence-electron chi connectivity index (χ4n) is 3.66. The van der Waals surface area contributed by atoms with Crippen molar-refractivity contribution in [2.45, 2.75) is 52.7 Å². The third-order valence-corrected chi connectivity index (χ3v) is 5.51. The minimum absolute atomic E-state index is 0. The number of aliphatic hydroxyl groups is 1. The molecule has 0 amide bonds. The Labute approximate surface area is 212 Å². The van der Waals surface area contributed by atoms with E-state index in [0.717, 1.165) is 43.3 Å². The number of aliphatic imine (C=N–C) groups is 1. The molecular formula is C24H44IN5O2. The molecule has 0 aromatic heterocycles. The molecule has 1 unspecified atom stereocenters. The molecule has 1 heterocycles. The lowest BCUT2D eigenvalue weighted by molar-refractivity contribution is 0.136. The maximum atomic E-state index is 10.5. The molecule has 0 spiro atoms. The van der Waals surface area contributed by atoms with Crippen LogP contribution in [0.15, 0.2) is 29.3 Å². The number of benzene rings is 1. The number of hydrogen-bond acceptors (Lipinski definition) is 5. The quantitative estimate of drug-likeness (QED) is 0.158. The van der Waals surface area contributed by atoms with E-state index in [1.165, 1.54) is 39.1 Å². The van der Waals surface area contributed by atoms with Crippen molar-refractivity contribution in [1.82, 2.24) is 20.4 Å². The van der Waals surface area contributed by atoms with Crippen molar-refractivity contribution in [1.29, 1.82) is 0 Å². The van der Waals surface area contributed by atoms with Gasteiger partial charge in [0.2, 0.25) is 0 Å². The number of piperazine rings is 1. The molecule has 2 rings (SSSR count). The number of likely N-dealkylation sites (N-methyl/N-ethyl adjacent to an activating group) is 1. The molecule has 1 fully saturated rings. The molecule has 1 aromatic rings. The minimum Gasteiger partial charge on any atom is -0.491 e. The van der Waals surface area contributed by atoms with Gasteiger partial charge in [-0.1, -0.05) is 19.1 Å². The van der Waals surface area contributed by atoms with E-state index in [-0.39, 0.29) is 30.1 Å². The number of unbranched alkanes of at least 4 members (excludes halogenated alkanes) is 1. The van der Waals surface area contributed by atoms with Crippen molar-refractivity contribution >= 4 is 29.9 Å². The van der Waals surface area contributed by atoms with Crippen LogP contribution in [0, 0.1) is 0 Å². The Morgan fingerprint density at radius 2 is 1.69 bits per heavy atom. The smallest absolute Gasteiger partial charge is 0.191 e. The second-order valence-electron chi connectivity index (χ2n) is 8.38. The van der Waals surface area contributed by atoms with E-state index in [2.05, 4.69) is 39.3 Å². The molecule has 1 saturated heterocycles. The molecule has 0 radical (unpaired) electrons. The largest absolute Gasteiger partial charge is 0.491 e. The molecule has 184 valence electrons. The van der Waals surface area contributed by atoms with Gasteiger partial charge in [0.1, 0.15) is 5.75 Å². The lowest BCUT2D eigenvalue weighted by Gasteiger charge is -2.34. The Bertz CT molecular complexity index is 634. The summed E-state index contributed by atoms with van der Waals surface area (Å²) >= 11 is 0. The first kappa shape index (κ1) is 28.9. The van der Waals surface area contributed by atoms with Gasteiger partial charge in [-0.15, -0.1) is 24.0 Å². The highest BCUT2D eigenvalue weighted by atomic mass is 127. The predicted molar refractivity (Wildman–Crippen MR) is 144 cm³/mol. The molecule has 32 heavy (non-hydrogen) atoms. The second-order valence-corrected chi connectivity index (χ2v) is 8.38. The lowest BCUT2D eigenvalue weighted by atomic mass is 10.1. The van der Waals surface area contributed by atoms with Crippen molar-refractivity contribution in [3.8, 4) is 5.75 Å². The average Bonchev–Trinajstić information content (AvgIpc) is 2.77. The van der Waals surface area contributed by atoms with Gasteiger partial charge in [-0.3, -0.25) is 4.99 Å². The molecule has 8 heteroatoms. The summed E-state index contributed by atoms with van der Waals surface area (Å²) in [7, 11) is 0. The zero-order valence-corrected chi connectivity index (χ0v) is 22.7. The summed E-state index contributed by atoms with van der Waals surface area (Å²) < 4.78 is 5.66. The van der Waals surface area contributed by atoms with Crippen LogP contribution in [-0.4, -0.2) is 85.9 Å². The number of guanidine groups is 1. The first-order valence-corrected chi connectivity index (χ1v) is 11.9. The van der Waals surface area contributed by atoms with Crippen molar-refractivity contribution in [3.05, 3.63) is 29.8 Å². The average molecular weight is 562 g/mol. The summed E-state index contributed by atoms with van der Waals surface area (Å²) in [5.41, 5.74) is 0.846. The number of nitrogens with zero attached hydrogens (tertiary/aromatic N) is 3. The molecule has 0 saturated carbocycles. The molecular weight excluding hydrogens is 517 g/mol. The summed E-state index contributed by atoms with van der Waals surface area (Å²) in [6.45, 7) is 17.4. The van der Waals surface area contributed by atoms with Gasteiger partial charge in [-0.2, -0.15) is 0 Å². The zero-order chi connectivity index (χ0) is 22.5. The zero-order valence-electron chi connectivity index (χ0n) is 20.3. The molecule has 3 N–H and O–H groups in total. The van der Waals surface area contributed by atoms with Crippen LogP contribution in [0.1, 0.15) is 52.2 Å². The third kappa shape index (κ3) is 11.2. The van der Waals surface area contributed by atoms with Gasteiger partial charge in [0.25, 0.3) is 0 Å². The molecule has 1 aromatic carbocycles. The number of hydrogen-bond donors (Lipinski definition) is 3. The van der Waals surface area contributed by atoms with Crippen molar-refractivity contribution in [3.63, 3.8) is 0 Å². The van der Waals surface area contributed by atoms with Gasteiger partial charge >= 0.3 is 0 Å². The molecule has 1 aliphatic rings. The topological polar surface area (TPSA) is 72.4 Å². The predicted octanol–water partition coefficient (Wildman–Crippen LogP) is 3.10. The molecule has 1 atom stereocenters. The molecule has 0 aliphatic carbocycles. The summed E-state index contributed by atoms with van der Waals surface area (Å²) in [5, 5.41) is 17.1. The van der Waals surface area contributed by atoms with E-state index in [1.54, 1.807) is 0 Å². The first-order valence-electron chi connectivity index (χ1n) is 11.9. The lowest BCUT2D eigenvalue weighted by Crippen LogP contribution is -2.46. The Hall–Kier alpha value is -1.10. The summed E-state index contributed by atoms with van der Waals surface area (Å²) in [6, 6.07) is 7.60. The number of rotatable bonds is 12. The van der Waals surface area contributed by atoms with E-state index in [4.69, 9.17) is 4.74 Å². The molecule has 1 aliphatic heterocycles. The first-order chi connectivity index (χ1) is 15.0. The van der Waals surface area contributed by atoms with Crippen LogP contribution in [0.3, 0.4) is 0 Å². The van der Waals surface area contributed by atoms with E-state index < -0.39 is 6.10 Å². The monoisotopic (exact) mass is 561 g/mol. The van der Waals surface area contributed by atoms with Crippen LogP contribution in [-0.2, 0) is 0 Å². The van der Waals surface area contributed by atoms with Crippen molar-refractivity contribution in [2.75, 3.05) is 58.9 Å². The van der Waals surface area contributed by atoms with E-state index in [0.29, 0.717) is 6.54 Å². The van der Waals surface area contributed by atoms with E-state index in [9.17, 15) is 5.11 Å². The van der Waals surface area contributed by atoms with E-state index in [1.807, 2.05) is 38.1 Å². The van der Waals surface area contributed by atoms with Crippen LogP contribution in [0.5, 0.6) is 5.75 Å². The van der Waals surface area contributed by atoms with Crippen LogP contribution < -0.4 is 15.4 Å². The Kier molecular flexibility index (Phi) is 14.9. The maximum Gasteiger partial charge on any atom is 0.191 e. The Morgan fingerprint density at radius 1 is 1.03 bits per heavy atom. The standard InChI is InChI=1S/C24H43N5O2.HI/c1-5-25-24(26-13-7-8-14-29-17-15-28(6-2)16-18-29)27-19-23(30)21-9-11-22(12-10-21)31-20(3)4;/h9-12,20,23,30H,5-8,13-19H2,1-4H3,(H2,25,26,27);1H. The van der Waals surface area contributed by atoms with Crippen LogP contribution in [0.2, 0.25) is 0 Å². The van der Waals surface area contributed by atoms with Gasteiger partial charge in [-0.05, 0) is 64.4 Å². The summed E-state index contributed by atoms with van der Waals surface area (Å²) in [5.74, 6) is 1.58. The Balaban J connectivity index is 0.00000512. The molecule has 7 nitrogen and oxygen atoms in total. The van der Waals surface area contributed by atoms with E-state index >= 15 is 0 Å². The number of aliphatic hydroxyl groups excluding tert-OH is 1. The fourth-order valence-corrected chi connectivity index (χ4v) is 3.66. The van der Waals surface area contributed by atoms with Crippen LogP contribution in [0.4, 0.5) is 0 Å². The summed E-state index contributed by atoms with van der Waals surface area (Å²) in [4.78, 5) is 9.65. The highest BCUT2D eigenvalue weighted by Crippen LogP contribution is 2.19. The fraction of sp³-hybridized carbons (Fsp3) is 0.708. The van der Waals surface area contributed by atoms with Gasteiger partial charge in [0, 0.05) is 39.3 Å². The third-order valence-electron chi connectivity index (χ3n) is 5.51.